The Morgan fingerprint density at radius 2 is 2.05 bits per heavy atom. The molecule has 1 N–H and O–H groups in total. The molecule has 4 atom stereocenters. The molecule has 0 aromatic rings. The minimum atomic E-state index is -0.904. The van der Waals surface area contributed by atoms with Crippen LogP contribution in [-0.4, -0.2) is 36.4 Å². The van der Waals surface area contributed by atoms with Crippen molar-refractivity contribution in [2.75, 3.05) is 7.11 Å². The van der Waals surface area contributed by atoms with E-state index < -0.39 is 17.9 Å². The Hall–Kier alpha value is -1.10. The number of ether oxygens (including phenoxy) is 2. The Morgan fingerprint density at radius 1 is 1.37 bits per heavy atom. The van der Waals surface area contributed by atoms with Gasteiger partial charge in [-0.3, -0.25) is 9.59 Å². The standard InChI is InChI=1S/C14H22O5/c1-8-5-10(6-12(19-8)9-3-4-9)11(14(16)17)7-13(15)18-2/h8-12H,3-7H2,1-2H3,(H,16,17)/t8-,10+,11-,12+/m0/s1. The van der Waals surface area contributed by atoms with E-state index in [1.165, 1.54) is 20.0 Å². The first-order valence-electron chi connectivity index (χ1n) is 6.96. The van der Waals surface area contributed by atoms with Crippen LogP contribution in [-0.2, 0) is 19.1 Å². The second kappa shape index (κ2) is 5.90. The topological polar surface area (TPSA) is 72.8 Å². The first-order valence-corrected chi connectivity index (χ1v) is 6.96. The van der Waals surface area contributed by atoms with Gasteiger partial charge in [0.15, 0.2) is 0 Å². The molecule has 0 bridgehead atoms. The minimum Gasteiger partial charge on any atom is -0.481 e. The van der Waals surface area contributed by atoms with Crippen molar-refractivity contribution in [3.8, 4) is 0 Å². The zero-order chi connectivity index (χ0) is 14.0. The number of carboxylic acids is 1. The van der Waals surface area contributed by atoms with E-state index in [-0.39, 0.29) is 24.5 Å². The smallest absolute Gasteiger partial charge is 0.307 e. The Kier molecular flexibility index (Phi) is 4.45. The summed E-state index contributed by atoms with van der Waals surface area (Å²) in [7, 11) is 1.29. The second-order valence-corrected chi connectivity index (χ2v) is 5.78. The van der Waals surface area contributed by atoms with Gasteiger partial charge >= 0.3 is 11.9 Å². The summed E-state index contributed by atoms with van der Waals surface area (Å²) in [6.07, 6.45) is 4.02. The maximum atomic E-state index is 11.4. The lowest BCUT2D eigenvalue weighted by molar-refractivity contribution is -0.156. The average Bonchev–Trinajstić information content (AvgIpc) is 3.18. The number of methoxy groups -OCH3 is 1. The predicted molar refractivity (Wildman–Crippen MR) is 67.5 cm³/mol. The van der Waals surface area contributed by atoms with Gasteiger partial charge in [-0.15, -0.1) is 0 Å². The van der Waals surface area contributed by atoms with Gasteiger partial charge in [0, 0.05) is 0 Å². The molecule has 0 radical (unpaired) electrons. The van der Waals surface area contributed by atoms with E-state index in [4.69, 9.17) is 4.74 Å². The van der Waals surface area contributed by atoms with Crippen LogP contribution in [0.3, 0.4) is 0 Å². The quantitative estimate of drug-likeness (QED) is 0.772. The van der Waals surface area contributed by atoms with Crippen LogP contribution in [0.1, 0.15) is 39.0 Å². The Labute approximate surface area is 113 Å². The summed E-state index contributed by atoms with van der Waals surface area (Å²) in [5, 5.41) is 9.35. The first kappa shape index (κ1) is 14.3. The maximum absolute atomic E-state index is 11.4. The molecule has 2 rings (SSSR count). The lowest BCUT2D eigenvalue weighted by atomic mass is 9.79. The van der Waals surface area contributed by atoms with E-state index >= 15 is 0 Å². The van der Waals surface area contributed by atoms with Gasteiger partial charge in [0.25, 0.3) is 0 Å². The zero-order valence-corrected chi connectivity index (χ0v) is 11.5. The molecule has 0 aromatic heterocycles. The number of carbonyl (C=O) groups excluding carboxylic acids is 1. The van der Waals surface area contributed by atoms with Crippen molar-refractivity contribution in [2.45, 2.75) is 51.2 Å². The number of esters is 1. The molecule has 0 unspecified atom stereocenters. The number of rotatable bonds is 5. The van der Waals surface area contributed by atoms with Gasteiger partial charge in [-0.1, -0.05) is 0 Å². The van der Waals surface area contributed by atoms with E-state index in [1.54, 1.807) is 0 Å². The van der Waals surface area contributed by atoms with E-state index in [9.17, 15) is 14.7 Å². The van der Waals surface area contributed by atoms with E-state index in [1.807, 2.05) is 6.92 Å². The van der Waals surface area contributed by atoms with Crippen LogP contribution in [0.15, 0.2) is 0 Å². The molecule has 108 valence electrons. The Morgan fingerprint density at radius 3 is 2.58 bits per heavy atom. The third-order valence-electron chi connectivity index (χ3n) is 4.23. The zero-order valence-electron chi connectivity index (χ0n) is 11.5. The molecule has 0 aromatic carbocycles. The molecule has 19 heavy (non-hydrogen) atoms. The summed E-state index contributed by atoms with van der Waals surface area (Å²) >= 11 is 0. The molecule has 1 aliphatic heterocycles. The van der Waals surface area contributed by atoms with Crippen molar-refractivity contribution in [3.05, 3.63) is 0 Å². The summed E-state index contributed by atoms with van der Waals surface area (Å²) in [5.41, 5.74) is 0. The van der Waals surface area contributed by atoms with Crippen LogP contribution in [0.25, 0.3) is 0 Å². The van der Waals surface area contributed by atoms with Crippen LogP contribution >= 0.6 is 0 Å². The highest BCUT2D eigenvalue weighted by atomic mass is 16.5. The summed E-state index contributed by atoms with van der Waals surface area (Å²) < 4.78 is 10.5. The van der Waals surface area contributed by atoms with Crippen molar-refractivity contribution in [2.24, 2.45) is 17.8 Å². The Balaban J connectivity index is 2.02. The molecular formula is C14H22O5. The largest absolute Gasteiger partial charge is 0.481 e. The summed E-state index contributed by atoms with van der Waals surface area (Å²) in [4.78, 5) is 22.8. The van der Waals surface area contributed by atoms with Gasteiger partial charge in [-0.25, -0.2) is 0 Å². The summed E-state index contributed by atoms with van der Waals surface area (Å²) in [5.74, 6) is -1.41. The number of carbonyl (C=O) groups is 2. The monoisotopic (exact) mass is 270 g/mol. The van der Waals surface area contributed by atoms with E-state index in [2.05, 4.69) is 4.74 Å². The van der Waals surface area contributed by atoms with Crippen LogP contribution in [0.5, 0.6) is 0 Å². The highest BCUT2D eigenvalue weighted by Crippen LogP contribution is 2.43. The molecule has 1 heterocycles. The Bertz CT molecular complexity index is 350. The third-order valence-corrected chi connectivity index (χ3v) is 4.23. The van der Waals surface area contributed by atoms with Crippen LogP contribution in [0, 0.1) is 17.8 Å². The molecule has 5 heteroatoms. The van der Waals surface area contributed by atoms with Crippen molar-refractivity contribution in [1.82, 2.24) is 0 Å². The lowest BCUT2D eigenvalue weighted by Crippen LogP contribution is -2.38. The van der Waals surface area contributed by atoms with Gasteiger partial charge < -0.3 is 14.6 Å². The SMILES string of the molecule is COC(=O)C[C@H](C(=O)O)[C@@H]1C[C@H](C)O[C@@H](C2CC2)C1. The number of hydrogen-bond donors (Lipinski definition) is 1. The molecule has 1 saturated carbocycles. The average molecular weight is 270 g/mol. The van der Waals surface area contributed by atoms with Gasteiger partial charge in [0.05, 0.1) is 31.7 Å². The normalized spacial score (nSPS) is 32.6. The maximum Gasteiger partial charge on any atom is 0.307 e. The van der Waals surface area contributed by atoms with E-state index in [0.717, 1.165) is 6.42 Å². The fourth-order valence-electron chi connectivity index (χ4n) is 3.05. The number of hydrogen-bond acceptors (Lipinski definition) is 4. The van der Waals surface area contributed by atoms with Crippen molar-refractivity contribution in [1.29, 1.82) is 0 Å². The predicted octanol–water partition coefficient (Wildman–Crippen LogP) is 1.84. The lowest BCUT2D eigenvalue weighted by Gasteiger charge is -2.36. The van der Waals surface area contributed by atoms with Crippen molar-refractivity contribution >= 4 is 11.9 Å². The van der Waals surface area contributed by atoms with Gasteiger partial charge in [-0.2, -0.15) is 0 Å². The summed E-state index contributed by atoms with van der Waals surface area (Å²) in [6, 6.07) is 0. The molecule has 0 amide bonds. The summed E-state index contributed by atoms with van der Waals surface area (Å²) in [6.45, 7) is 1.98. The van der Waals surface area contributed by atoms with Gasteiger partial charge in [-0.05, 0) is 44.4 Å². The van der Waals surface area contributed by atoms with Gasteiger partial charge in [0.2, 0.25) is 0 Å². The van der Waals surface area contributed by atoms with Crippen LogP contribution in [0.2, 0.25) is 0 Å². The van der Waals surface area contributed by atoms with Crippen molar-refractivity contribution in [3.63, 3.8) is 0 Å². The molecule has 1 aliphatic carbocycles. The fourth-order valence-corrected chi connectivity index (χ4v) is 3.05. The van der Waals surface area contributed by atoms with E-state index in [0.29, 0.717) is 12.3 Å². The second-order valence-electron chi connectivity index (χ2n) is 5.78. The fraction of sp³-hybridized carbons (Fsp3) is 0.857. The van der Waals surface area contributed by atoms with Crippen LogP contribution in [0.4, 0.5) is 0 Å². The minimum absolute atomic E-state index is 0.00551. The van der Waals surface area contributed by atoms with Gasteiger partial charge in [0.1, 0.15) is 0 Å². The highest BCUT2D eigenvalue weighted by Gasteiger charge is 2.42. The molecule has 2 fully saturated rings. The first-order chi connectivity index (χ1) is 9.01. The molecule has 1 saturated heterocycles. The number of carboxylic acid groups (broad SMARTS) is 1. The molecule has 5 nitrogen and oxygen atoms in total. The molecule has 0 spiro atoms. The highest BCUT2D eigenvalue weighted by molar-refractivity contribution is 5.79. The molecular weight excluding hydrogens is 248 g/mol. The van der Waals surface area contributed by atoms with Crippen molar-refractivity contribution < 1.29 is 24.2 Å². The van der Waals surface area contributed by atoms with Crippen LogP contribution < -0.4 is 0 Å². The molecule has 2 aliphatic rings. The number of aliphatic carboxylic acids is 1. The third kappa shape index (κ3) is 3.69.